The number of anilines is 1. The molecule has 0 saturated carbocycles. The number of carbonyl (C=O) groups is 2. The van der Waals surface area contributed by atoms with Crippen LogP contribution in [0.25, 0.3) is 0 Å². The fourth-order valence-corrected chi connectivity index (χ4v) is 4.36. The summed E-state index contributed by atoms with van der Waals surface area (Å²) in [7, 11) is 0. The van der Waals surface area contributed by atoms with Crippen molar-refractivity contribution in [3.8, 4) is 0 Å². The van der Waals surface area contributed by atoms with E-state index in [9.17, 15) is 9.59 Å². The molecule has 0 fully saturated rings. The molecule has 0 aromatic heterocycles. The molecule has 2 amide bonds. The summed E-state index contributed by atoms with van der Waals surface area (Å²) in [5.41, 5.74) is 4.83. The zero-order valence-corrected chi connectivity index (χ0v) is 18.0. The Balaban J connectivity index is 1.50. The van der Waals surface area contributed by atoms with Crippen LogP contribution in [0, 0.1) is 0 Å². The van der Waals surface area contributed by atoms with Crippen molar-refractivity contribution in [1.82, 2.24) is 5.32 Å². The average molecular weight is 413 g/mol. The third-order valence-corrected chi connectivity index (χ3v) is 6.00. The van der Waals surface area contributed by atoms with Gasteiger partial charge < -0.3 is 10.2 Å². The Morgan fingerprint density at radius 1 is 1.00 bits per heavy atom. The molecule has 2 atom stereocenters. The van der Waals surface area contributed by atoms with Crippen LogP contribution in [0.4, 0.5) is 5.69 Å². The van der Waals surface area contributed by atoms with Crippen LogP contribution in [0.1, 0.15) is 53.2 Å². The second-order valence-electron chi connectivity index (χ2n) is 8.15. The molecular formula is C27H28N2O2. The van der Waals surface area contributed by atoms with Gasteiger partial charge in [0.2, 0.25) is 5.91 Å². The highest BCUT2D eigenvalue weighted by molar-refractivity contribution is 6.07. The van der Waals surface area contributed by atoms with Gasteiger partial charge in [0.25, 0.3) is 5.91 Å². The van der Waals surface area contributed by atoms with Gasteiger partial charge in [-0.1, -0.05) is 67.6 Å². The molecule has 4 heteroatoms. The lowest BCUT2D eigenvalue weighted by Gasteiger charge is -2.23. The number of nitrogens with one attached hydrogen (secondary N) is 1. The van der Waals surface area contributed by atoms with Gasteiger partial charge in [-0.2, -0.15) is 0 Å². The maximum absolute atomic E-state index is 13.1. The predicted octanol–water partition coefficient (Wildman–Crippen LogP) is 5.09. The number of nitrogens with zero attached hydrogens (tertiary/aromatic N) is 1. The van der Waals surface area contributed by atoms with Gasteiger partial charge in [-0.15, -0.1) is 0 Å². The van der Waals surface area contributed by atoms with E-state index in [4.69, 9.17) is 0 Å². The third-order valence-electron chi connectivity index (χ3n) is 6.00. The zero-order valence-electron chi connectivity index (χ0n) is 18.0. The standard InChI is InChI=1S/C27H28N2O2/c1-3-24(21-10-6-4-7-11-21)26(30)28-18-20-14-15-23-16-19(2)29(25(23)17-20)27(31)22-12-8-5-9-13-22/h4-15,17,19,24H,3,16,18H2,1-2H3,(H,28,30)/t19-,24+/m1/s1. The molecule has 0 aliphatic carbocycles. The van der Waals surface area contributed by atoms with E-state index in [1.165, 1.54) is 5.56 Å². The zero-order chi connectivity index (χ0) is 21.8. The van der Waals surface area contributed by atoms with Crippen molar-refractivity contribution < 1.29 is 9.59 Å². The molecule has 3 aromatic rings. The summed E-state index contributed by atoms with van der Waals surface area (Å²) in [5, 5.41) is 3.08. The molecule has 0 saturated heterocycles. The van der Waals surface area contributed by atoms with E-state index in [1.807, 2.05) is 84.6 Å². The first kappa shape index (κ1) is 20.9. The molecule has 4 rings (SSSR count). The van der Waals surface area contributed by atoms with Crippen LogP contribution in [0.15, 0.2) is 78.9 Å². The molecule has 0 spiro atoms. The molecular weight excluding hydrogens is 384 g/mol. The summed E-state index contributed by atoms with van der Waals surface area (Å²) in [6.07, 6.45) is 1.59. The van der Waals surface area contributed by atoms with E-state index >= 15 is 0 Å². The van der Waals surface area contributed by atoms with Gasteiger partial charge in [-0.25, -0.2) is 0 Å². The molecule has 1 heterocycles. The van der Waals surface area contributed by atoms with Gasteiger partial charge in [0.15, 0.2) is 0 Å². The van der Waals surface area contributed by atoms with E-state index in [1.54, 1.807) is 0 Å². The molecule has 4 nitrogen and oxygen atoms in total. The van der Waals surface area contributed by atoms with Gasteiger partial charge in [-0.05, 0) is 54.7 Å². The van der Waals surface area contributed by atoms with Crippen LogP contribution in [0.2, 0.25) is 0 Å². The van der Waals surface area contributed by atoms with Crippen LogP contribution in [0.3, 0.4) is 0 Å². The SMILES string of the molecule is CC[C@H](C(=O)NCc1ccc2c(c1)N(C(=O)c1ccccc1)[C@H](C)C2)c1ccccc1. The number of amides is 2. The van der Waals surface area contributed by atoms with Crippen LogP contribution >= 0.6 is 0 Å². The van der Waals surface area contributed by atoms with E-state index in [-0.39, 0.29) is 23.8 Å². The Kier molecular flexibility index (Phi) is 6.17. The first-order valence-corrected chi connectivity index (χ1v) is 10.9. The largest absolute Gasteiger partial charge is 0.351 e. The first-order chi connectivity index (χ1) is 15.1. The number of benzene rings is 3. The van der Waals surface area contributed by atoms with Crippen LogP contribution in [-0.2, 0) is 17.8 Å². The number of carbonyl (C=O) groups excluding carboxylic acids is 2. The molecule has 0 bridgehead atoms. The van der Waals surface area contributed by atoms with E-state index in [2.05, 4.69) is 18.3 Å². The van der Waals surface area contributed by atoms with E-state index < -0.39 is 0 Å². The topological polar surface area (TPSA) is 49.4 Å². The van der Waals surface area contributed by atoms with Crippen molar-refractivity contribution in [2.75, 3.05) is 4.90 Å². The highest BCUT2D eigenvalue weighted by atomic mass is 16.2. The van der Waals surface area contributed by atoms with Crippen LogP contribution in [-0.4, -0.2) is 17.9 Å². The summed E-state index contributed by atoms with van der Waals surface area (Å²) in [5.74, 6) is -0.116. The van der Waals surface area contributed by atoms with Crippen molar-refractivity contribution in [3.63, 3.8) is 0 Å². The number of hydrogen-bond donors (Lipinski definition) is 1. The molecule has 158 valence electrons. The number of fused-ring (bicyclic) bond motifs is 1. The van der Waals surface area contributed by atoms with Crippen LogP contribution < -0.4 is 10.2 Å². The minimum Gasteiger partial charge on any atom is -0.351 e. The lowest BCUT2D eigenvalue weighted by Crippen LogP contribution is -2.35. The minimum absolute atomic E-state index is 0.0168. The summed E-state index contributed by atoms with van der Waals surface area (Å²) in [6, 6.07) is 25.6. The normalized spacial score (nSPS) is 15.9. The van der Waals surface area contributed by atoms with E-state index in [0.717, 1.165) is 29.7 Å². The summed E-state index contributed by atoms with van der Waals surface area (Å²) >= 11 is 0. The Hall–Kier alpha value is -3.40. The highest BCUT2D eigenvalue weighted by Gasteiger charge is 2.31. The van der Waals surface area contributed by atoms with Gasteiger partial charge in [0, 0.05) is 23.8 Å². The first-order valence-electron chi connectivity index (χ1n) is 10.9. The molecule has 31 heavy (non-hydrogen) atoms. The van der Waals surface area contributed by atoms with Gasteiger partial charge in [0.1, 0.15) is 0 Å². The van der Waals surface area contributed by atoms with Gasteiger partial charge in [-0.3, -0.25) is 9.59 Å². The predicted molar refractivity (Wildman–Crippen MR) is 124 cm³/mol. The van der Waals surface area contributed by atoms with Gasteiger partial charge in [0.05, 0.1) is 5.92 Å². The Morgan fingerprint density at radius 2 is 1.68 bits per heavy atom. The smallest absolute Gasteiger partial charge is 0.258 e. The molecule has 0 unspecified atom stereocenters. The summed E-state index contributed by atoms with van der Waals surface area (Å²) < 4.78 is 0. The molecule has 0 radical (unpaired) electrons. The lowest BCUT2D eigenvalue weighted by molar-refractivity contribution is -0.122. The van der Waals surface area contributed by atoms with Crippen molar-refractivity contribution in [1.29, 1.82) is 0 Å². The number of rotatable bonds is 6. The van der Waals surface area contributed by atoms with Crippen molar-refractivity contribution in [2.24, 2.45) is 0 Å². The minimum atomic E-state index is -0.160. The fourth-order valence-electron chi connectivity index (χ4n) is 4.36. The summed E-state index contributed by atoms with van der Waals surface area (Å²) in [6.45, 7) is 4.55. The second kappa shape index (κ2) is 9.17. The second-order valence-corrected chi connectivity index (χ2v) is 8.15. The fraction of sp³-hybridized carbons (Fsp3) is 0.259. The number of hydrogen-bond acceptors (Lipinski definition) is 2. The third kappa shape index (κ3) is 4.38. The van der Waals surface area contributed by atoms with Crippen molar-refractivity contribution in [2.45, 2.75) is 45.2 Å². The molecule has 1 aliphatic rings. The lowest BCUT2D eigenvalue weighted by atomic mass is 9.95. The molecule has 1 aliphatic heterocycles. The average Bonchev–Trinajstić information content (AvgIpc) is 3.14. The quantitative estimate of drug-likeness (QED) is 0.613. The summed E-state index contributed by atoms with van der Waals surface area (Å²) in [4.78, 5) is 27.8. The van der Waals surface area contributed by atoms with E-state index in [0.29, 0.717) is 12.1 Å². The van der Waals surface area contributed by atoms with Crippen molar-refractivity contribution >= 4 is 17.5 Å². The van der Waals surface area contributed by atoms with Crippen LogP contribution in [0.5, 0.6) is 0 Å². The van der Waals surface area contributed by atoms with Crippen molar-refractivity contribution in [3.05, 3.63) is 101 Å². The monoisotopic (exact) mass is 412 g/mol. The Labute approximate surface area is 183 Å². The maximum Gasteiger partial charge on any atom is 0.258 e. The Bertz CT molecular complexity index is 1060. The molecule has 3 aromatic carbocycles. The highest BCUT2D eigenvalue weighted by Crippen LogP contribution is 2.34. The Morgan fingerprint density at radius 3 is 2.35 bits per heavy atom. The molecule has 1 N–H and O–H groups in total. The maximum atomic E-state index is 13.1. The van der Waals surface area contributed by atoms with Gasteiger partial charge >= 0.3 is 0 Å².